The molecule has 10 heteroatoms. The number of non-ortho nitro benzene ring substituents is 1. The zero-order valence-electron chi connectivity index (χ0n) is 22.5. The molecule has 40 heavy (non-hydrogen) atoms. The topological polar surface area (TPSA) is 109 Å². The number of halogens is 1. The fraction of sp³-hybridized carbons (Fsp3) is 0.233. The molecule has 0 N–H and O–H groups in total. The van der Waals surface area contributed by atoms with Crippen LogP contribution in [0.5, 0.6) is 11.5 Å². The molecule has 0 unspecified atom stereocenters. The van der Waals surface area contributed by atoms with Crippen molar-refractivity contribution in [2.24, 2.45) is 5.10 Å². The number of aromatic nitrogens is 2. The quantitative estimate of drug-likeness (QED) is 0.0807. The summed E-state index contributed by atoms with van der Waals surface area (Å²) in [6.07, 6.45) is 4.61. The van der Waals surface area contributed by atoms with Crippen LogP contribution < -0.4 is 15.0 Å². The van der Waals surface area contributed by atoms with Crippen molar-refractivity contribution in [3.8, 4) is 11.5 Å². The highest BCUT2D eigenvalue weighted by Gasteiger charge is 2.17. The van der Waals surface area contributed by atoms with Gasteiger partial charge < -0.3 is 9.47 Å². The van der Waals surface area contributed by atoms with Crippen molar-refractivity contribution in [3.63, 3.8) is 0 Å². The van der Waals surface area contributed by atoms with Crippen molar-refractivity contribution >= 4 is 38.7 Å². The second-order valence-corrected chi connectivity index (χ2v) is 10.1. The molecule has 0 radical (unpaired) electrons. The minimum absolute atomic E-state index is 0.00604. The predicted octanol–water partition coefficient (Wildman–Crippen LogP) is 6.78. The van der Waals surface area contributed by atoms with E-state index in [1.54, 1.807) is 36.6 Å². The van der Waals surface area contributed by atoms with Crippen LogP contribution in [0.15, 0.2) is 81.6 Å². The maximum absolute atomic E-state index is 13.5. The number of rotatable bonds is 11. The molecule has 1 heterocycles. The number of methoxy groups -OCH3 is 1. The molecule has 0 bridgehead atoms. The summed E-state index contributed by atoms with van der Waals surface area (Å²) in [6.45, 7) is 8.01. The normalized spacial score (nSPS) is 12.0. The standard InChI is InChI=1S/C30H29BrN4O5/c1-5-8-22-13-21(15-27(39-4)28(22)40-18-20-9-7-10-24(14-20)35(37)38)17-32-34-29(19(3)6-2)33-26-12-11-23(31)16-25(26)30(34)36/h5,7,9-17,19H,1,6,8,18H2,2-4H3/t19-/m0/s1. The highest BCUT2D eigenvalue weighted by atomic mass is 79.9. The second-order valence-electron chi connectivity index (χ2n) is 9.22. The molecule has 9 nitrogen and oxygen atoms in total. The molecule has 3 aromatic carbocycles. The summed E-state index contributed by atoms with van der Waals surface area (Å²) < 4.78 is 13.9. The van der Waals surface area contributed by atoms with Gasteiger partial charge in [0, 0.05) is 28.1 Å². The molecule has 0 saturated carbocycles. The van der Waals surface area contributed by atoms with E-state index < -0.39 is 4.92 Å². The Morgan fingerprint density at radius 1 is 1.23 bits per heavy atom. The number of nitro benzene ring substituents is 1. The van der Waals surface area contributed by atoms with E-state index in [1.807, 2.05) is 32.0 Å². The van der Waals surface area contributed by atoms with Gasteiger partial charge in [0.1, 0.15) is 12.4 Å². The summed E-state index contributed by atoms with van der Waals surface area (Å²) in [5.74, 6) is 1.55. The Morgan fingerprint density at radius 3 is 2.73 bits per heavy atom. The molecule has 4 rings (SSSR count). The highest BCUT2D eigenvalue weighted by Crippen LogP contribution is 2.34. The maximum Gasteiger partial charge on any atom is 0.282 e. The van der Waals surface area contributed by atoms with Gasteiger partial charge in [-0.05, 0) is 54.3 Å². The lowest BCUT2D eigenvalue weighted by Crippen LogP contribution is -2.23. The van der Waals surface area contributed by atoms with Crippen molar-refractivity contribution in [2.75, 3.05) is 7.11 Å². The average molecular weight is 605 g/mol. The van der Waals surface area contributed by atoms with Gasteiger partial charge in [-0.1, -0.05) is 48.0 Å². The van der Waals surface area contributed by atoms with E-state index in [4.69, 9.17) is 14.5 Å². The van der Waals surface area contributed by atoms with Crippen LogP contribution in [-0.4, -0.2) is 27.9 Å². The molecule has 0 saturated heterocycles. The number of allylic oxidation sites excluding steroid dienone is 1. The molecule has 0 amide bonds. The number of hydrogen-bond acceptors (Lipinski definition) is 7. The Bertz CT molecular complexity index is 1660. The summed E-state index contributed by atoms with van der Waals surface area (Å²) >= 11 is 3.43. The fourth-order valence-corrected chi connectivity index (χ4v) is 4.56. The van der Waals surface area contributed by atoms with E-state index in [0.717, 1.165) is 16.5 Å². The van der Waals surface area contributed by atoms with Crippen molar-refractivity contribution in [1.29, 1.82) is 0 Å². The van der Waals surface area contributed by atoms with Gasteiger partial charge in [0.25, 0.3) is 11.2 Å². The third-order valence-corrected chi connectivity index (χ3v) is 6.94. The third kappa shape index (κ3) is 6.28. The van der Waals surface area contributed by atoms with E-state index in [9.17, 15) is 14.9 Å². The maximum atomic E-state index is 13.5. The summed E-state index contributed by atoms with van der Waals surface area (Å²) in [4.78, 5) is 28.9. The van der Waals surface area contributed by atoms with Gasteiger partial charge in [-0.15, -0.1) is 6.58 Å². The zero-order chi connectivity index (χ0) is 28.8. The van der Waals surface area contributed by atoms with Crippen LogP contribution in [0, 0.1) is 10.1 Å². The molecule has 0 spiro atoms. The molecule has 0 fully saturated rings. The molecule has 206 valence electrons. The number of benzene rings is 3. The number of ether oxygens (including phenoxy) is 2. The average Bonchev–Trinajstić information content (AvgIpc) is 2.95. The van der Waals surface area contributed by atoms with Crippen LogP contribution in [0.1, 0.15) is 48.7 Å². The van der Waals surface area contributed by atoms with E-state index in [2.05, 4.69) is 27.6 Å². The van der Waals surface area contributed by atoms with Crippen molar-refractivity contribution in [2.45, 2.75) is 39.2 Å². The van der Waals surface area contributed by atoms with Crippen LogP contribution in [-0.2, 0) is 13.0 Å². The molecular formula is C30H29BrN4O5. The lowest BCUT2D eigenvalue weighted by atomic mass is 10.1. The first-order chi connectivity index (χ1) is 19.2. The molecule has 0 aliphatic carbocycles. The molecule has 1 atom stereocenters. The van der Waals surface area contributed by atoms with Crippen LogP contribution in [0.4, 0.5) is 5.69 Å². The molecule has 0 aliphatic heterocycles. The Kier molecular flexibility index (Phi) is 9.11. The summed E-state index contributed by atoms with van der Waals surface area (Å²) in [5.41, 5.74) is 2.49. The largest absolute Gasteiger partial charge is 0.493 e. The predicted molar refractivity (Wildman–Crippen MR) is 160 cm³/mol. The van der Waals surface area contributed by atoms with Crippen LogP contribution in [0.3, 0.4) is 0 Å². The molecule has 1 aromatic heterocycles. The summed E-state index contributed by atoms with van der Waals surface area (Å²) in [5, 5.41) is 16.2. The Labute approximate surface area is 240 Å². The van der Waals surface area contributed by atoms with Crippen LogP contribution in [0.2, 0.25) is 0 Å². The Hall–Kier alpha value is -4.31. The smallest absolute Gasteiger partial charge is 0.282 e. The van der Waals surface area contributed by atoms with Gasteiger partial charge in [0.2, 0.25) is 0 Å². The van der Waals surface area contributed by atoms with Gasteiger partial charge in [-0.2, -0.15) is 9.78 Å². The first-order valence-corrected chi connectivity index (χ1v) is 13.5. The number of nitro groups is 1. The van der Waals surface area contributed by atoms with Gasteiger partial charge in [0.15, 0.2) is 11.5 Å². The lowest BCUT2D eigenvalue weighted by Gasteiger charge is -2.16. The Morgan fingerprint density at radius 2 is 2.02 bits per heavy atom. The SMILES string of the molecule is C=CCc1cc(C=Nn2c([C@@H](C)CC)nc3ccc(Br)cc3c2=O)cc(OC)c1OCc1cccc([N+](=O)[O-])c1. The summed E-state index contributed by atoms with van der Waals surface area (Å²) in [6, 6.07) is 15.4. The highest BCUT2D eigenvalue weighted by molar-refractivity contribution is 9.10. The van der Waals surface area contributed by atoms with Gasteiger partial charge in [-0.25, -0.2) is 4.98 Å². The van der Waals surface area contributed by atoms with Crippen molar-refractivity contribution in [1.82, 2.24) is 9.66 Å². The first-order valence-electron chi connectivity index (χ1n) is 12.7. The first kappa shape index (κ1) is 28.7. The van der Waals surface area contributed by atoms with E-state index in [-0.39, 0.29) is 23.8 Å². The summed E-state index contributed by atoms with van der Waals surface area (Å²) in [7, 11) is 1.53. The number of hydrogen-bond donors (Lipinski definition) is 0. The van der Waals surface area contributed by atoms with Gasteiger partial charge in [-0.3, -0.25) is 14.9 Å². The van der Waals surface area contributed by atoms with Crippen molar-refractivity contribution in [3.05, 3.63) is 115 Å². The lowest BCUT2D eigenvalue weighted by molar-refractivity contribution is -0.384. The van der Waals surface area contributed by atoms with E-state index in [0.29, 0.717) is 45.8 Å². The van der Waals surface area contributed by atoms with Gasteiger partial charge in [0.05, 0.1) is 29.2 Å². The minimum Gasteiger partial charge on any atom is -0.493 e. The molecule has 0 aliphatic rings. The molecule has 4 aromatic rings. The van der Waals surface area contributed by atoms with E-state index >= 15 is 0 Å². The van der Waals surface area contributed by atoms with E-state index in [1.165, 1.54) is 23.9 Å². The molecular weight excluding hydrogens is 576 g/mol. The van der Waals surface area contributed by atoms with Crippen LogP contribution in [0.25, 0.3) is 10.9 Å². The fourth-order valence-electron chi connectivity index (χ4n) is 4.20. The monoisotopic (exact) mass is 604 g/mol. The Balaban J connectivity index is 1.73. The third-order valence-electron chi connectivity index (χ3n) is 6.45. The number of nitrogens with zero attached hydrogens (tertiary/aromatic N) is 4. The zero-order valence-corrected chi connectivity index (χ0v) is 24.1. The minimum atomic E-state index is -0.441. The van der Waals surface area contributed by atoms with Gasteiger partial charge >= 0.3 is 0 Å². The number of fused-ring (bicyclic) bond motifs is 1. The van der Waals surface area contributed by atoms with Crippen LogP contribution >= 0.6 is 15.9 Å². The van der Waals surface area contributed by atoms with Crippen molar-refractivity contribution < 1.29 is 14.4 Å². The second kappa shape index (κ2) is 12.7.